The number of hydrogen-bond acceptors (Lipinski definition) is 3. The summed E-state index contributed by atoms with van der Waals surface area (Å²) in [7, 11) is 4.06. The Kier molecular flexibility index (Phi) is 8.02. The van der Waals surface area contributed by atoms with Crippen molar-refractivity contribution in [2.75, 3.05) is 25.6 Å². The molecule has 1 aromatic carbocycles. The van der Waals surface area contributed by atoms with Crippen LogP contribution in [0.2, 0.25) is 0 Å². The second-order valence-electron chi connectivity index (χ2n) is 4.16. The number of benzene rings is 1. The first-order valence-corrected chi connectivity index (χ1v) is 6.15. The predicted molar refractivity (Wildman–Crippen MR) is 82.3 cm³/mol. The molecule has 1 aromatic rings. The van der Waals surface area contributed by atoms with Gasteiger partial charge in [-0.15, -0.1) is 0 Å². The van der Waals surface area contributed by atoms with Crippen molar-refractivity contribution in [3.8, 4) is 0 Å². The number of carbonyl (C=O) groups is 1. The van der Waals surface area contributed by atoms with Crippen LogP contribution in [-0.4, -0.2) is 26.7 Å². The highest BCUT2D eigenvalue weighted by molar-refractivity contribution is 5.86. The molecule has 0 radical (unpaired) electrons. The van der Waals surface area contributed by atoms with Crippen molar-refractivity contribution in [3.05, 3.63) is 48.6 Å². The molecule has 19 heavy (non-hydrogen) atoms. The highest BCUT2D eigenvalue weighted by Gasteiger charge is 1.98. The molecule has 0 saturated heterocycles. The van der Waals surface area contributed by atoms with Gasteiger partial charge in [0.25, 0.3) is 0 Å². The Morgan fingerprint density at radius 3 is 2.26 bits per heavy atom. The minimum absolute atomic E-state index is 0.312. The van der Waals surface area contributed by atoms with Crippen LogP contribution in [0.4, 0.5) is 5.69 Å². The lowest BCUT2D eigenvalue weighted by Crippen LogP contribution is -2.09. The van der Waals surface area contributed by atoms with Crippen LogP contribution in [0.3, 0.4) is 0 Å². The molecular formula is C16H23NO2. The van der Waals surface area contributed by atoms with E-state index in [4.69, 9.17) is 0 Å². The average molecular weight is 261 g/mol. The smallest absolute Gasteiger partial charge is 0.333 e. The molecule has 1 rings (SSSR count). The molecule has 0 fully saturated rings. The summed E-state index contributed by atoms with van der Waals surface area (Å²) < 4.78 is 4.56. The molecule has 0 amide bonds. The monoisotopic (exact) mass is 261 g/mol. The van der Waals surface area contributed by atoms with Gasteiger partial charge in [-0.25, -0.2) is 4.79 Å². The number of para-hydroxylation sites is 1. The van der Waals surface area contributed by atoms with Crippen LogP contribution in [0, 0.1) is 0 Å². The molecule has 0 aliphatic rings. The minimum Gasteiger partial charge on any atom is -0.463 e. The van der Waals surface area contributed by atoms with Crippen molar-refractivity contribution >= 4 is 17.7 Å². The van der Waals surface area contributed by atoms with Crippen LogP contribution >= 0.6 is 0 Å². The van der Waals surface area contributed by atoms with E-state index in [-0.39, 0.29) is 5.97 Å². The fourth-order valence-electron chi connectivity index (χ4n) is 1.32. The molecule has 0 aliphatic carbocycles. The highest BCUT2D eigenvalue weighted by Crippen LogP contribution is 2.18. The van der Waals surface area contributed by atoms with Crippen molar-refractivity contribution in [1.29, 1.82) is 0 Å². The molecule has 104 valence electrons. The molecule has 0 aliphatic heterocycles. The van der Waals surface area contributed by atoms with Crippen molar-refractivity contribution in [1.82, 2.24) is 0 Å². The molecule has 0 spiro atoms. The number of carbonyl (C=O) groups excluding carboxylic acids is 1. The fraction of sp³-hybridized carbons (Fsp3) is 0.312. The van der Waals surface area contributed by atoms with Gasteiger partial charge in [0.2, 0.25) is 0 Å². The summed E-state index contributed by atoms with van der Waals surface area (Å²) in [5.41, 5.74) is 2.84. The first-order chi connectivity index (χ1) is 8.93. The van der Waals surface area contributed by atoms with Crippen LogP contribution in [0.1, 0.15) is 19.4 Å². The van der Waals surface area contributed by atoms with E-state index in [2.05, 4.69) is 34.9 Å². The average Bonchev–Trinajstić information content (AvgIpc) is 2.39. The Morgan fingerprint density at radius 2 is 1.95 bits per heavy atom. The Hall–Kier alpha value is -2.03. The molecule has 0 N–H and O–H groups in total. The molecule has 0 unspecified atom stereocenters. The summed E-state index contributed by atoms with van der Waals surface area (Å²) in [6, 6.07) is 8.19. The van der Waals surface area contributed by atoms with Gasteiger partial charge in [0, 0.05) is 25.4 Å². The molecule has 0 atom stereocenters. The molecule has 3 nitrogen and oxygen atoms in total. The van der Waals surface area contributed by atoms with Gasteiger partial charge in [-0.3, -0.25) is 0 Å². The third kappa shape index (κ3) is 6.46. The standard InChI is InChI=1S/C10H13N.C6H10O2/c1-4-9-7-5-6-8-10(9)11(2)3;1-4-8-6(7)5(2)3/h4-8H,1H2,2-3H3;2,4H2,1,3H3. The van der Waals surface area contributed by atoms with Gasteiger partial charge in [0.1, 0.15) is 0 Å². The molecule has 0 bridgehead atoms. The lowest BCUT2D eigenvalue weighted by atomic mass is 10.1. The van der Waals surface area contributed by atoms with Gasteiger partial charge < -0.3 is 9.64 Å². The topological polar surface area (TPSA) is 29.5 Å². The van der Waals surface area contributed by atoms with Crippen molar-refractivity contribution in [2.24, 2.45) is 0 Å². The predicted octanol–water partition coefficient (Wildman–Crippen LogP) is 3.52. The van der Waals surface area contributed by atoms with Gasteiger partial charge in [-0.1, -0.05) is 37.4 Å². The van der Waals surface area contributed by atoms with E-state index in [0.29, 0.717) is 12.2 Å². The zero-order valence-corrected chi connectivity index (χ0v) is 12.3. The number of rotatable bonds is 4. The summed E-state index contributed by atoms with van der Waals surface area (Å²) in [6.07, 6.45) is 1.87. The van der Waals surface area contributed by atoms with E-state index >= 15 is 0 Å². The quantitative estimate of drug-likeness (QED) is 0.613. The van der Waals surface area contributed by atoms with Crippen LogP contribution in [0.15, 0.2) is 43.0 Å². The maximum Gasteiger partial charge on any atom is 0.333 e. The lowest BCUT2D eigenvalue weighted by molar-refractivity contribution is -0.138. The summed E-state index contributed by atoms with van der Waals surface area (Å²) in [5.74, 6) is -0.312. The Balaban J connectivity index is 0.000000362. The summed E-state index contributed by atoms with van der Waals surface area (Å²) in [5, 5.41) is 0. The number of esters is 1. The second kappa shape index (κ2) is 8.97. The largest absolute Gasteiger partial charge is 0.463 e. The lowest BCUT2D eigenvalue weighted by Gasteiger charge is -2.14. The SMILES string of the molecule is C=C(C)C(=O)OCC.C=Cc1ccccc1N(C)C. The molecular weight excluding hydrogens is 238 g/mol. The van der Waals surface area contributed by atoms with E-state index in [1.165, 1.54) is 11.3 Å². The highest BCUT2D eigenvalue weighted by atomic mass is 16.5. The van der Waals surface area contributed by atoms with E-state index in [0.717, 1.165) is 0 Å². The van der Waals surface area contributed by atoms with Crippen molar-refractivity contribution < 1.29 is 9.53 Å². The fourth-order valence-corrected chi connectivity index (χ4v) is 1.32. The van der Waals surface area contributed by atoms with Crippen molar-refractivity contribution in [2.45, 2.75) is 13.8 Å². The number of hydrogen-bond donors (Lipinski definition) is 0. The van der Waals surface area contributed by atoms with E-state index in [1.54, 1.807) is 13.8 Å². The number of ether oxygens (including phenoxy) is 1. The summed E-state index contributed by atoms with van der Waals surface area (Å²) in [6.45, 7) is 11.0. The van der Waals surface area contributed by atoms with E-state index in [1.807, 2.05) is 32.3 Å². The maximum absolute atomic E-state index is 10.4. The second-order valence-corrected chi connectivity index (χ2v) is 4.16. The van der Waals surface area contributed by atoms with E-state index in [9.17, 15) is 4.79 Å². The summed E-state index contributed by atoms with van der Waals surface area (Å²) in [4.78, 5) is 12.5. The third-order valence-corrected chi connectivity index (χ3v) is 2.26. The first-order valence-electron chi connectivity index (χ1n) is 6.15. The minimum atomic E-state index is -0.312. The number of nitrogens with zero attached hydrogens (tertiary/aromatic N) is 1. The van der Waals surface area contributed by atoms with Gasteiger partial charge in [-0.2, -0.15) is 0 Å². The van der Waals surface area contributed by atoms with Crippen LogP contribution in [0.5, 0.6) is 0 Å². The number of anilines is 1. The van der Waals surface area contributed by atoms with Gasteiger partial charge in [0.05, 0.1) is 6.61 Å². The molecule has 0 aromatic heterocycles. The van der Waals surface area contributed by atoms with Gasteiger partial charge >= 0.3 is 5.97 Å². The Labute approximate surface area is 116 Å². The zero-order valence-electron chi connectivity index (χ0n) is 12.3. The normalized spacial score (nSPS) is 8.84. The van der Waals surface area contributed by atoms with Crippen LogP contribution < -0.4 is 4.90 Å². The first kappa shape index (κ1) is 17.0. The Bertz CT molecular complexity index is 436. The zero-order chi connectivity index (χ0) is 14.8. The van der Waals surface area contributed by atoms with Crippen LogP contribution in [-0.2, 0) is 9.53 Å². The van der Waals surface area contributed by atoms with E-state index < -0.39 is 0 Å². The van der Waals surface area contributed by atoms with Gasteiger partial charge in [-0.05, 0) is 25.5 Å². The molecule has 3 heteroatoms. The van der Waals surface area contributed by atoms with Gasteiger partial charge in [0.15, 0.2) is 0 Å². The third-order valence-electron chi connectivity index (χ3n) is 2.26. The molecule has 0 saturated carbocycles. The molecule has 0 heterocycles. The van der Waals surface area contributed by atoms with Crippen molar-refractivity contribution in [3.63, 3.8) is 0 Å². The maximum atomic E-state index is 10.4. The Morgan fingerprint density at radius 1 is 1.37 bits per heavy atom. The van der Waals surface area contributed by atoms with Crippen LogP contribution in [0.25, 0.3) is 6.08 Å². The summed E-state index contributed by atoms with van der Waals surface area (Å²) >= 11 is 0.